The van der Waals surface area contributed by atoms with E-state index in [9.17, 15) is 13.2 Å². The van der Waals surface area contributed by atoms with Gasteiger partial charge in [-0.05, 0) is 36.8 Å². The summed E-state index contributed by atoms with van der Waals surface area (Å²) in [6.07, 6.45) is 2.02. The molecule has 2 aromatic rings. The van der Waals surface area contributed by atoms with Gasteiger partial charge in [0.1, 0.15) is 15.8 Å². The van der Waals surface area contributed by atoms with Crippen molar-refractivity contribution in [1.29, 1.82) is 0 Å². The number of furan rings is 1. The summed E-state index contributed by atoms with van der Waals surface area (Å²) in [5, 5.41) is 0.874. The quantitative estimate of drug-likeness (QED) is 0.477. The maximum absolute atomic E-state index is 12.8. The Balaban J connectivity index is 1.57. The number of hydrogen-bond donors (Lipinski definition) is 0. The molecular weight excluding hydrogens is 461 g/mol. The summed E-state index contributed by atoms with van der Waals surface area (Å²) in [6, 6.07) is 8.29. The third kappa shape index (κ3) is 3.89. The number of rotatable bonds is 3. The zero-order valence-corrected chi connectivity index (χ0v) is 18.2. The van der Waals surface area contributed by atoms with Crippen molar-refractivity contribution in [2.45, 2.75) is 12.5 Å². The molecule has 2 aliphatic rings. The number of thiocarbonyl (C=S) groups is 1. The van der Waals surface area contributed by atoms with E-state index in [0.717, 1.165) is 17.3 Å². The van der Waals surface area contributed by atoms with Crippen LogP contribution in [0.25, 0.3) is 17.4 Å². The van der Waals surface area contributed by atoms with E-state index in [1.165, 1.54) is 4.90 Å². The van der Waals surface area contributed by atoms with E-state index in [0.29, 0.717) is 37.2 Å². The Morgan fingerprint density at radius 1 is 1.21 bits per heavy atom. The Labute approximate surface area is 181 Å². The zero-order valence-electron chi connectivity index (χ0n) is 14.2. The molecule has 0 N–H and O–H groups in total. The van der Waals surface area contributed by atoms with Gasteiger partial charge in [-0.3, -0.25) is 9.69 Å². The first kappa shape index (κ1) is 20.0. The van der Waals surface area contributed by atoms with Crippen LogP contribution in [-0.2, 0) is 14.6 Å². The SMILES string of the molecule is O=C1/C(=C\c2ccc(-c3ccc(Cl)c(Cl)c3)o2)SC(=S)N1[C@H]1CCS(=O)(=O)C1. The highest BCUT2D eigenvalue weighted by Gasteiger charge is 2.42. The van der Waals surface area contributed by atoms with Crippen LogP contribution in [0.2, 0.25) is 10.0 Å². The molecule has 10 heteroatoms. The predicted octanol–water partition coefficient (Wildman–Crippen LogP) is 4.64. The first-order chi connectivity index (χ1) is 13.2. The number of thioether (sulfide) groups is 1. The van der Waals surface area contributed by atoms with E-state index in [1.54, 1.807) is 36.4 Å². The second-order valence-corrected chi connectivity index (χ2v) is 11.2. The first-order valence-corrected chi connectivity index (χ1v) is 12.1. The second kappa shape index (κ2) is 7.50. The lowest BCUT2D eigenvalue weighted by atomic mass is 10.2. The molecule has 0 unspecified atom stereocenters. The molecule has 3 heterocycles. The van der Waals surface area contributed by atoms with Crippen LogP contribution in [0.3, 0.4) is 0 Å². The van der Waals surface area contributed by atoms with Crippen molar-refractivity contribution < 1.29 is 17.6 Å². The zero-order chi connectivity index (χ0) is 20.1. The summed E-state index contributed by atoms with van der Waals surface area (Å²) in [6.45, 7) is 0. The van der Waals surface area contributed by atoms with Crippen LogP contribution in [0.1, 0.15) is 12.2 Å². The van der Waals surface area contributed by atoms with Gasteiger partial charge >= 0.3 is 0 Å². The van der Waals surface area contributed by atoms with Gasteiger partial charge in [0.05, 0.1) is 32.5 Å². The normalized spacial score (nSPS) is 23.1. The fourth-order valence-electron chi connectivity index (χ4n) is 3.14. The maximum atomic E-state index is 12.8. The fourth-order valence-corrected chi connectivity index (χ4v) is 6.52. The summed E-state index contributed by atoms with van der Waals surface area (Å²) < 4.78 is 29.6. The average Bonchev–Trinajstić information content (AvgIpc) is 3.29. The molecule has 0 bridgehead atoms. The third-order valence-corrected chi connectivity index (χ3v) is 8.32. The molecule has 4 rings (SSSR count). The molecule has 28 heavy (non-hydrogen) atoms. The van der Waals surface area contributed by atoms with Gasteiger partial charge in [-0.2, -0.15) is 0 Å². The molecular formula is C18H13Cl2NO4S3. The third-order valence-electron chi connectivity index (χ3n) is 4.50. The van der Waals surface area contributed by atoms with Crippen LogP contribution in [0.5, 0.6) is 0 Å². The van der Waals surface area contributed by atoms with Gasteiger partial charge in [0.25, 0.3) is 5.91 Å². The number of hydrogen-bond acceptors (Lipinski definition) is 6. The summed E-state index contributed by atoms with van der Waals surface area (Å²) in [4.78, 5) is 14.6. The average molecular weight is 474 g/mol. The molecule has 1 atom stereocenters. The molecule has 1 aromatic carbocycles. The van der Waals surface area contributed by atoms with Crippen molar-refractivity contribution in [3.05, 3.63) is 51.0 Å². The van der Waals surface area contributed by atoms with Gasteiger partial charge in [0, 0.05) is 11.6 Å². The van der Waals surface area contributed by atoms with Gasteiger partial charge in [-0.25, -0.2) is 8.42 Å². The first-order valence-electron chi connectivity index (χ1n) is 8.26. The van der Waals surface area contributed by atoms with Gasteiger partial charge < -0.3 is 4.42 Å². The lowest BCUT2D eigenvalue weighted by molar-refractivity contribution is -0.123. The highest BCUT2D eigenvalue weighted by atomic mass is 35.5. The van der Waals surface area contributed by atoms with Crippen LogP contribution in [0, 0.1) is 0 Å². The molecule has 1 aromatic heterocycles. The van der Waals surface area contributed by atoms with Crippen molar-refractivity contribution >= 4 is 73.3 Å². The van der Waals surface area contributed by atoms with E-state index in [2.05, 4.69) is 0 Å². The molecule has 5 nitrogen and oxygen atoms in total. The largest absolute Gasteiger partial charge is 0.457 e. The molecule has 2 aliphatic heterocycles. The number of amides is 1. The summed E-state index contributed by atoms with van der Waals surface area (Å²) >= 11 is 18.4. The molecule has 0 spiro atoms. The van der Waals surface area contributed by atoms with Crippen LogP contribution in [0.15, 0.2) is 39.7 Å². The summed E-state index contributed by atoms with van der Waals surface area (Å²) in [5.41, 5.74) is 0.762. The minimum atomic E-state index is -3.11. The van der Waals surface area contributed by atoms with Crippen molar-refractivity contribution in [2.24, 2.45) is 0 Å². The Kier molecular flexibility index (Phi) is 5.35. The molecule has 1 amide bonds. The van der Waals surface area contributed by atoms with Crippen LogP contribution in [0.4, 0.5) is 0 Å². The number of carbonyl (C=O) groups is 1. The smallest absolute Gasteiger partial charge is 0.266 e. The number of carbonyl (C=O) groups excluding carboxylic acids is 1. The highest BCUT2D eigenvalue weighted by molar-refractivity contribution is 8.26. The van der Waals surface area contributed by atoms with Crippen molar-refractivity contribution in [3.8, 4) is 11.3 Å². The van der Waals surface area contributed by atoms with Crippen LogP contribution >= 0.6 is 47.2 Å². The number of halogens is 2. The molecule has 0 saturated carbocycles. The minimum Gasteiger partial charge on any atom is -0.457 e. The molecule has 0 radical (unpaired) electrons. The van der Waals surface area contributed by atoms with Gasteiger partial charge in [-0.1, -0.05) is 47.2 Å². The Morgan fingerprint density at radius 2 is 2.00 bits per heavy atom. The lowest BCUT2D eigenvalue weighted by Crippen LogP contribution is -2.39. The van der Waals surface area contributed by atoms with Crippen molar-refractivity contribution in [3.63, 3.8) is 0 Å². The Morgan fingerprint density at radius 3 is 2.68 bits per heavy atom. The molecule has 0 aliphatic carbocycles. The van der Waals surface area contributed by atoms with Crippen LogP contribution < -0.4 is 0 Å². The maximum Gasteiger partial charge on any atom is 0.266 e. The molecule has 2 saturated heterocycles. The molecule has 2 fully saturated rings. The van der Waals surface area contributed by atoms with E-state index in [1.807, 2.05) is 0 Å². The van der Waals surface area contributed by atoms with Crippen molar-refractivity contribution in [1.82, 2.24) is 4.90 Å². The van der Waals surface area contributed by atoms with E-state index < -0.39 is 15.9 Å². The van der Waals surface area contributed by atoms with Gasteiger partial charge in [0.2, 0.25) is 0 Å². The Hall–Kier alpha value is -1.32. The standard InChI is InChI=1S/C18H13Cl2NO4S3/c19-13-3-1-10(7-14(13)20)15-4-2-12(25-15)8-16-17(22)21(18(26)27-16)11-5-6-28(23,24)9-11/h1-4,7-8,11H,5-6,9H2/b16-8+/t11-/m0/s1. The van der Waals surface area contributed by atoms with Gasteiger partial charge in [-0.15, -0.1) is 0 Å². The Bertz CT molecular complexity index is 1120. The minimum absolute atomic E-state index is 0.0467. The second-order valence-electron chi connectivity index (χ2n) is 6.44. The number of sulfone groups is 1. The van der Waals surface area contributed by atoms with E-state index in [-0.39, 0.29) is 17.4 Å². The van der Waals surface area contributed by atoms with Crippen LogP contribution in [-0.4, -0.2) is 41.1 Å². The lowest BCUT2D eigenvalue weighted by Gasteiger charge is -2.20. The number of benzene rings is 1. The van der Waals surface area contributed by atoms with E-state index in [4.69, 9.17) is 39.8 Å². The molecule has 146 valence electrons. The fraction of sp³-hybridized carbons (Fsp3) is 0.222. The number of nitrogens with zero attached hydrogens (tertiary/aromatic N) is 1. The van der Waals surface area contributed by atoms with Crippen molar-refractivity contribution in [2.75, 3.05) is 11.5 Å². The monoisotopic (exact) mass is 473 g/mol. The van der Waals surface area contributed by atoms with E-state index >= 15 is 0 Å². The summed E-state index contributed by atoms with van der Waals surface area (Å²) in [7, 11) is -3.11. The van der Waals surface area contributed by atoms with Gasteiger partial charge in [0.15, 0.2) is 9.84 Å². The predicted molar refractivity (Wildman–Crippen MR) is 116 cm³/mol. The summed E-state index contributed by atoms with van der Waals surface area (Å²) in [5.74, 6) is 0.820. The topological polar surface area (TPSA) is 67.6 Å². The highest BCUT2D eigenvalue weighted by Crippen LogP contribution is 2.37.